The number of pyridine rings is 1. The monoisotopic (exact) mass is 325 g/mol. The average Bonchev–Trinajstić information content (AvgIpc) is 2.46. The van der Waals surface area contributed by atoms with Crippen LogP contribution in [0.1, 0.15) is 11.3 Å². The highest BCUT2D eigenvalue weighted by Crippen LogP contribution is 2.15. The number of nitrogens with one attached hydrogen (secondary N) is 1. The molecule has 5 nitrogen and oxygen atoms in total. The molecule has 0 saturated heterocycles. The molecule has 0 fully saturated rings. The van der Waals surface area contributed by atoms with Crippen LogP contribution < -0.4 is 10.5 Å². The molecule has 0 atom stereocenters. The van der Waals surface area contributed by atoms with Crippen LogP contribution in [0.25, 0.3) is 0 Å². The van der Waals surface area contributed by atoms with Crippen molar-refractivity contribution in [3.63, 3.8) is 0 Å². The number of nitrogens with two attached hydrogens (primary N) is 1. The zero-order valence-corrected chi connectivity index (χ0v) is 12.4. The van der Waals surface area contributed by atoms with Crippen LogP contribution in [0.2, 0.25) is 0 Å². The highest BCUT2D eigenvalue weighted by Gasteiger charge is 2.17. The molecule has 1 aromatic carbocycles. The van der Waals surface area contributed by atoms with E-state index in [1.165, 1.54) is 0 Å². The molecule has 3 N–H and O–H groups in total. The van der Waals surface area contributed by atoms with Gasteiger partial charge < -0.3 is 5.73 Å². The standard InChI is InChI=1S/C13H12FN3O2S2/c14-12-5-4-10(7-11(12)13(15)20)21(18,19)17-8-9-3-1-2-6-16-9/h1-7,17H,8H2,(H2,15,20). The lowest BCUT2D eigenvalue weighted by molar-refractivity contribution is 0.579. The Morgan fingerprint density at radius 1 is 1.33 bits per heavy atom. The van der Waals surface area contributed by atoms with Crippen molar-refractivity contribution in [3.8, 4) is 0 Å². The first-order chi connectivity index (χ1) is 9.90. The van der Waals surface area contributed by atoms with E-state index in [9.17, 15) is 12.8 Å². The number of hydrogen-bond acceptors (Lipinski definition) is 4. The fourth-order valence-corrected chi connectivity index (χ4v) is 2.80. The largest absolute Gasteiger partial charge is 0.389 e. The summed E-state index contributed by atoms with van der Waals surface area (Å²) in [5, 5.41) is 0. The number of halogens is 1. The Morgan fingerprint density at radius 3 is 2.71 bits per heavy atom. The summed E-state index contributed by atoms with van der Waals surface area (Å²) >= 11 is 4.69. The van der Waals surface area contributed by atoms with Crippen LogP contribution in [0, 0.1) is 5.82 Å². The van der Waals surface area contributed by atoms with E-state index in [1.54, 1.807) is 24.4 Å². The molecule has 1 aromatic heterocycles. The van der Waals surface area contributed by atoms with Crippen LogP contribution in [0.5, 0.6) is 0 Å². The van der Waals surface area contributed by atoms with E-state index in [2.05, 4.69) is 21.9 Å². The van der Waals surface area contributed by atoms with Crippen molar-refractivity contribution in [3.05, 3.63) is 59.7 Å². The lowest BCUT2D eigenvalue weighted by Gasteiger charge is -2.08. The second kappa shape index (κ2) is 6.25. The number of sulfonamides is 1. The van der Waals surface area contributed by atoms with Gasteiger partial charge in [0.2, 0.25) is 10.0 Å². The van der Waals surface area contributed by atoms with Gasteiger partial charge in [0, 0.05) is 11.8 Å². The lowest BCUT2D eigenvalue weighted by atomic mass is 10.2. The zero-order valence-electron chi connectivity index (χ0n) is 10.8. The molecule has 0 bridgehead atoms. The summed E-state index contributed by atoms with van der Waals surface area (Å²) in [6.45, 7) is 0.0307. The zero-order chi connectivity index (χ0) is 15.5. The molecule has 21 heavy (non-hydrogen) atoms. The van der Waals surface area contributed by atoms with Crippen molar-refractivity contribution in [1.29, 1.82) is 0 Å². The summed E-state index contributed by atoms with van der Waals surface area (Å²) in [5.41, 5.74) is 5.82. The fourth-order valence-electron chi connectivity index (χ4n) is 1.62. The maximum Gasteiger partial charge on any atom is 0.240 e. The Labute approximate surface area is 127 Å². The molecule has 0 amide bonds. The molecular formula is C13H12FN3O2S2. The van der Waals surface area contributed by atoms with E-state index in [1.807, 2.05) is 0 Å². The highest BCUT2D eigenvalue weighted by molar-refractivity contribution is 7.89. The van der Waals surface area contributed by atoms with E-state index in [0.717, 1.165) is 18.2 Å². The van der Waals surface area contributed by atoms with Gasteiger partial charge in [0.25, 0.3) is 0 Å². The van der Waals surface area contributed by atoms with Crippen molar-refractivity contribution in [1.82, 2.24) is 9.71 Å². The summed E-state index contributed by atoms with van der Waals surface area (Å²) in [6, 6.07) is 8.44. The summed E-state index contributed by atoms with van der Waals surface area (Å²) < 4.78 is 40.1. The number of hydrogen-bond donors (Lipinski definition) is 2. The number of nitrogens with zero attached hydrogens (tertiary/aromatic N) is 1. The van der Waals surface area contributed by atoms with Gasteiger partial charge in [-0.25, -0.2) is 17.5 Å². The van der Waals surface area contributed by atoms with Gasteiger partial charge in [-0.2, -0.15) is 0 Å². The summed E-state index contributed by atoms with van der Waals surface area (Å²) in [5.74, 6) is -0.661. The molecule has 0 radical (unpaired) electrons. The molecular weight excluding hydrogens is 313 g/mol. The minimum absolute atomic E-state index is 0.0307. The van der Waals surface area contributed by atoms with Crippen LogP contribution in [-0.4, -0.2) is 18.4 Å². The quantitative estimate of drug-likeness (QED) is 0.810. The molecule has 0 aliphatic heterocycles. The Balaban J connectivity index is 2.24. The second-order valence-corrected chi connectivity index (χ2v) is 6.36. The van der Waals surface area contributed by atoms with Crippen molar-refractivity contribution in [2.45, 2.75) is 11.4 Å². The molecule has 0 unspecified atom stereocenters. The van der Waals surface area contributed by atoms with Crippen LogP contribution in [0.4, 0.5) is 4.39 Å². The predicted octanol–water partition coefficient (Wildman–Crippen LogP) is 1.33. The molecule has 1 heterocycles. The minimum atomic E-state index is -3.80. The van der Waals surface area contributed by atoms with E-state index in [0.29, 0.717) is 5.69 Å². The predicted molar refractivity (Wildman–Crippen MR) is 80.5 cm³/mol. The first kappa shape index (κ1) is 15.5. The van der Waals surface area contributed by atoms with Gasteiger partial charge in [-0.3, -0.25) is 4.98 Å². The van der Waals surface area contributed by atoms with Crippen molar-refractivity contribution in [2.75, 3.05) is 0 Å². The normalized spacial score (nSPS) is 11.3. The third-order valence-electron chi connectivity index (χ3n) is 2.68. The van der Waals surface area contributed by atoms with Gasteiger partial charge >= 0.3 is 0 Å². The van der Waals surface area contributed by atoms with Gasteiger partial charge in [0.15, 0.2) is 0 Å². The van der Waals surface area contributed by atoms with E-state index in [4.69, 9.17) is 5.73 Å². The second-order valence-electron chi connectivity index (χ2n) is 4.15. The van der Waals surface area contributed by atoms with Crippen molar-refractivity contribution in [2.24, 2.45) is 5.73 Å². The fraction of sp³-hybridized carbons (Fsp3) is 0.0769. The SMILES string of the molecule is NC(=S)c1cc(S(=O)(=O)NCc2ccccn2)ccc1F. The molecule has 8 heteroatoms. The Hall–Kier alpha value is -1.90. The third-order valence-corrected chi connectivity index (χ3v) is 4.30. The lowest BCUT2D eigenvalue weighted by Crippen LogP contribution is -2.24. The number of rotatable bonds is 5. The van der Waals surface area contributed by atoms with Crippen LogP contribution in [0.15, 0.2) is 47.5 Å². The van der Waals surface area contributed by atoms with Crippen LogP contribution in [-0.2, 0) is 16.6 Å². The Kier molecular flexibility index (Phi) is 4.61. The topological polar surface area (TPSA) is 85.1 Å². The average molecular weight is 325 g/mol. The minimum Gasteiger partial charge on any atom is -0.389 e. The smallest absolute Gasteiger partial charge is 0.240 e. The Morgan fingerprint density at radius 2 is 2.10 bits per heavy atom. The number of aromatic nitrogens is 1. The van der Waals surface area contributed by atoms with Gasteiger partial charge in [-0.1, -0.05) is 18.3 Å². The highest BCUT2D eigenvalue weighted by atomic mass is 32.2. The maximum atomic E-state index is 13.5. The maximum absolute atomic E-state index is 13.5. The molecule has 0 saturated carbocycles. The molecule has 2 aromatic rings. The van der Waals surface area contributed by atoms with E-state index < -0.39 is 15.8 Å². The molecule has 2 rings (SSSR count). The van der Waals surface area contributed by atoms with Crippen LogP contribution >= 0.6 is 12.2 Å². The first-order valence-electron chi connectivity index (χ1n) is 5.89. The van der Waals surface area contributed by atoms with Crippen molar-refractivity contribution < 1.29 is 12.8 Å². The third kappa shape index (κ3) is 3.81. The first-order valence-corrected chi connectivity index (χ1v) is 7.78. The number of thiocarbonyl (C=S) groups is 1. The van der Waals surface area contributed by atoms with Gasteiger partial charge in [0.1, 0.15) is 10.8 Å². The van der Waals surface area contributed by atoms with Crippen LogP contribution in [0.3, 0.4) is 0 Å². The molecule has 110 valence electrons. The summed E-state index contributed by atoms with van der Waals surface area (Å²) in [4.78, 5) is 3.70. The van der Waals surface area contributed by atoms with Crippen molar-refractivity contribution >= 4 is 27.2 Å². The molecule has 0 spiro atoms. The Bertz CT molecular complexity index is 764. The van der Waals surface area contributed by atoms with E-state index >= 15 is 0 Å². The number of benzene rings is 1. The summed E-state index contributed by atoms with van der Waals surface area (Å²) in [6.07, 6.45) is 1.56. The van der Waals surface area contributed by atoms with Gasteiger partial charge in [-0.05, 0) is 30.3 Å². The molecule has 0 aliphatic carbocycles. The summed E-state index contributed by atoms with van der Waals surface area (Å²) in [7, 11) is -3.80. The molecule has 0 aliphatic rings. The van der Waals surface area contributed by atoms with Gasteiger partial charge in [-0.15, -0.1) is 0 Å². The van der Waals surface area contributed by atoms with E-state index in [-0.39, 0.29) is 22.0 Å². The van der Waals surface area contributed by atoms with Gasteiger partial charge in [0.05, 0.1) is 17.1 Å².